The summed E-state index contributed by atoms with van der Waals surface area (Å²) in [6.07, 6.45) is 1.43. The van der Waals surface area contributed by atoms with E-state index in [2.05, 4.69) is 10.6 Å². The maximum atomic E-state index is 12.7. The number of nitrogens with two attached hydrogens (primary N) is 1. The first-order valence-electron chi connectivity index (χ1n) is 7.40. The van der Waals surface area contributed by atoms with E-state index < -0.39 is 11.9 Å². The molecule has 0 saturated carbocycles. The molecule has 1 fully saturated rings. The van der Waals surface area contributed by atoms with Crippen LogP contribution < -0.4 is 21.1 Å². The Kier molecular flexibility index (Phi) is 4.21. The van der Waals surface area contributed by atoms with Gasteiger partial charge < -0.3 is 15.8 Å². The van der Waals surface area contributed by atoms with Gasteiger partial charge in [-0.2, -0.15) is 0 Å². The molecule has 1 saturated heterocycles. The van der Waals surface area contributed by atoms with Crippen LogP contribution in [0.3, 0.4) is 0 Å². The number of anilines is 1. The molecular weight excluding hydrogens is 322 g/mol. The van der Waals surface area contributed by atoms with Crippen LogP contribution in [0.1, 0.15) is 21.5 Å². The molecule has 7 nitrogen and oxygen atoms in total. The Morgan fingerprint density at radius 3 is 2.52 bits per heavy atom. The Balaban J connectivity index is 1.96. The summed E-state index contributed by atoms with van der Waals surface area (Å²) in [5, 5.41) is 4.48. The lowest BCUT2D eigenvalue weighted by Crippen LogP contribution is -2.22. The summed E-state index contributed by atoms with van der Waals surface area (Å²) in [4.78, 5) is 35.5. The maximum absolute atomic E-state index is 12.7. The Hall–Kier alpha value is -3.61. The highest BCUT2D eigenvalue weighted by molar-refractivity contribution is 6.14. The van der Waals surface area contributed by atoms with E-state index in [0.717, 1.165) is 0 Å². The van der Waals surface area contributed by atoms with Crippen LogP contribution in [0.4, 0.5) is 10.5 Å². The number of hydrogen-bond acceptors (Lipinski definition) is 5. The van der Waals surface area contributed by atoms with Gasteiger partial charge in [0.2, 0.25) is 0 Å². The molecule has 0 bridgehead atoms. The summed E-state index contributed by atoms with van der Waals surface area (Å²) in [6.45, 7) is 0. The number of nitrogens with one attached hydrogen (secondary N) is 2. The zero-order valence-corrected chi connectivity index (χ0v) is 13.3. The van der Waals surface area contributed by atoms with E-state index in [0.29, 0.717) is 28.1 Å². The SMILES string of the molecule is COc1cccc(C(=O)c2ccc(N)c(/C=C3/NC(=O)NC3=O)c2)c1. The van der Waals surface area contributed by atoms with Crippen molar-refractivity contribution >= 4 is 29.5 Å². The third kappa shape index (κ3) is 3.35. The number of urea groups is 1. The van der Waals surface area contributed by atoms with Crippen LogP contribution in [0.25, 0.3) is 6.08 Å². The fraction of sp³-hybridized carbons (Fsp3) is 0.0556. The second kappa shape index (κ2) is 6.48. The molecule has 3 rings (SSSR count). The van der Waals surface area contributed by atoms with Crippen molar-refractivity contribution in [2.75, 3.05) is 12.8 Å². The molecule has 1 aliphatic rings. The largest absolute Gasteiger partial charge is 0.497 e. The van der Waals surface area contributed by atoms with Crippen LogP contribution in [0.15, 0.2) is 48.2 Å². The first-order chi connectivity index (χ1) is 12.0. The standard InChI is InChI=1S/C18H15N3O4/c1-25-13-4-2-3-10(8-13)16(22)11-5-6-14(19)12(7-11)9-15-17(23)21-18(24)20-15/h2-9H,19H2,1H3,(H2,20,21,23,24)/b15-9+. The lowest BCUT2D eigenvalue weighted by atomic mass is 9.99. The van der Waals surface area contributed by atoms with Crippen LogP contribution in [0, 0.1) is 0 Å². The smallest absolute Gasteiger partial charge is 0.326 e. The second-order valence-corrected chi connectivity index (χ2v) is 5.37. The van der Waals surface area contributed by atoms with Gasteiger partial charge in [-0.15, -0.1) is 0 Å². The molecule has 126 valence electrons. The van der Waals surface area contributed by atoms with Gasteiger partial charge in [-0.25, -0.2) is 4.79 Å². The number of amides is 3. The number of benzene rings is 2. The quantitative estimate of drug-likeness (QED) is 0.340. The van der Waals surface area contributed by atoms with Crippen molar-refractivity contribution in [2.24, 2.45) is 0 Å². The van der Waals surface area contributed by atoms with Crippen LogP contribution in [0.2, 0.25) is 0 Å². The van der Waals surface area contributed by atoms with E-state index in [1.165, 1.54) is 13.2 Å². The average molecular weight is 337 g/mol. The number of nitrogen functional groups attached to an aromatic ring is 1. The van der Waals surface area contributed by atoms with Gasteiger partial charge in [0.15, 0.2) is 5.78 Å². The molecule has 0 aliphatic carbocycles. The number of carbonyl (C=O) groups excluding carboxylic acids is 3. The molecule has 3 amide bonds. The lowest BCUT2D eigenvalue weighted by Gasteiger charge is -2.07. The van der Waals surface area contributed by atoms with Gasteiger partial charge >= 0.3 is 6.03 Å². The van der Waals surface area contributed by atoms with E-state index >= 15 is 0 Å². The summed E-state index contributed by atoms with van der Waals surface area (Å²) in [7, 11) is 1.53. The summed E-state index contributed by atoms with van der Waals surface area (Å²) < 4.78 is 5.13. The van der Waals surface area contributed by atoms with E-state index in [1.54, 1.807) is 42.5 Å². The lowest BCUT2D eigenvalue weighted by molar-refractivity contribution is -0.115. The Morgan fingerprint density at radius 1 is 1.08 bits per heavy atom. The number of ether oxygens (including phenoxy) is 1. The normalized spacial score (nSPS) is 15.0. The predicted octanol–water partition coefficient (Wildman–Crippen LogP) is 1.69. The summed E-state index contributed by atoms with van der Waals surface area (Å²) in [5.74, 6) is -0.179. The Bertz CT molecular complexity index is 918. The van der Waals surface area contributed by atoms with Crippen molar-refractivity contribution in [3.05, 3.63) is 64.9 Å². The number of hydrogen-bond donors (Lipinski definition) is 3. The van der Waals surface area contributed by atoms with Gasteiger partial charge in [0.1, 0.15) is 11.4 Å². The van der Waals surface area contributed by atoms with Gasteiger partial charge in [0.05, 0.1) is 7.11 Å². The first-order valence-corrected chi connectivity index (χ1v) is 7.40. The van der Waals surface area contributed by atoms with Crippen molar-refractivity contribution in [1.29, 1.82) is 0 Å². The molecule has 0 unspecified atom stereocenters. The molecule has 4 N–H and O–H groups in total. The third-order valence-corrected chi connectivity index (χ3v) is 3.70. The van der Waals surface area contributed by atoms with Crippen LogP contribution in [0.5, 0.6) is 5.75 Å². The van der Waals surface area contributed by atoms with Crippen molar-refractivity contribution in [3.8, 4) is 5.75 Å². The molecule has 25 heavy (non-hydrogen) atoms. The van der Waals surface area contributed by atoms with Crippen molar-refractivity contribution in [1.82, 2.24) is 10.6 Å². The van der Waals surface area contributed by atoms with Gasteiger partial charge in [-0.05, 0) is 36.4 Å². The van der Waals surface area contributed by atoms with Crippen LogP contribution in [-0.2, 0) is 4.79 Å². The predicted molar refractivity (Wildman–Crippen MR) is 91.9 cm³/mol. The van der Waals surface area contributed by atoms with Crippen molar-refractivity contribution in [2.45, 2.75) is 0 Å². The van der Waals surface area contributed by atoms with Gasteiger partial charge in [-0.3, -0.25) is 14.9 Å². The molecule has 2 aromatic carbocycles. The minimum atomic E-state index is -0.599. The molecule has 0 aromatic heterocycles. The van der Waals surface area contributed by atoms with Gasteiger partial charge in [0, 0.05) is 22.4 Å². The van der Waals surface area contributed by atoms with Crippen molar-refractivity contribution < 1.29 is 19.1 Å². The molecule has 7 heteroatoms. The molecule has 1 heterocycles. The molecule has 2 aromatic rings. The number of carbonyl (C=O) groups is 3. The summed E-state index contributed by atoms with van der Waals surface area (Å²) in [5.41, 5.74) is 7.69. The fourth-order valence-corrected chi connectivity index (χ4v) is 2.41. The van der Waals surface area contributed by atoms with E-state index in [-0.39, 0.29) is 11.5 Å². The molecule has 0 radical (unpaired) electrons. The first kappa shape index (κ1) is 16.3. The zero-order valence-electron chi connectivity index (χ0n) is 13.3. The topological polar surface area (TPSA) is 111 Å². The average Bonchev–Trinajstić information content (AvgIpc) is 2.93. The number of methoxy groups -OCH3 is 1. The Labute approximate surface area is 143 Å². The monoisotopic (exact) mass is 337 g/mol. The van der Waals surface area contributed by atoms with Gasteiger partial charge in [0.25, 0.3) is 5.91 Å². The molecule has 0 spiro atoms. The zero-order chi connectivity index (χ0) is 18.0. The summed E-state index contributed by atoms with van der Waals surface area (Å²) in [6, 6.07) is 11.0. The highest BCUT2D eigenvalue weighted by atomic mass is 16.5. The second-order valence-electron chi connectivity index (χ2n) is 5.37. The highest BCUT2D eigenvalue weighted by Crippen LogP contribution is 2.21. The summed E-state index contributed by atoms with van der Waals surface area (Å²) >= 11 is 0. The number of ketones is 1. The van der Waals surface area contributed by atoms with E-state index in [9.17, 15) is 14.4 Å². The van der Waals surface area contributed by atoms with Crippen molar-refractivity contribution in [3.63, 3.8) is 0 Å². The number of imide groups is 1. The van der Waals surface area contributed by atoms with E-state index in [1.807, 2.05) is 0 Å². The maximum Gasteiger partial charge on any atom is 0.326 e. The molecule has 0 atom stereocenters. The van der Waals surface area contributed by atoms with Crippen LogP contribution >= 0.6 is 0 Å². The third-order valence-electron chi connectivity index (χ3n) is 3.70. The highest BCUT2D eigenvalue weighted by Gasteiger charge is 2.23. The number of rotatable bonds is 4. The fourth-order valence-electron chi connectivity index (χ4n) is 2.41. The molecule has 1 aliphatic heterocycles. The van der Waals surface area contributed by atoms with Crippen LogP contribution in [-0.4, -0.2) is 24.8 Å². The minimum absolute atomic E-state index is 0.0719. The minimum Gasteiger partial charge on any atom is -0.497 e. The molecular formula is C18H15N3O4. The van der Waals surface area contributed by atoms with E-state index in [4.69, 9.17) is 10.5 Å². The van der Waals surface area contributed by atoms with Gasteiger partial charge in [-0.1, -0.05) is 12.1 Å². The Morgan fingerprint density at radius 2 is 1.84 bits per heavy atom.